The highest BCUT2D eigenvalue weighted by atomic mass is 79.9. The summed E-state index contributed by atoms with van der Waals surface area (Å²) >= 11 is 9.42. The first-order chi connectivity index (χ1) is 13.8. The van der Waals surface area contributed by atoms with Gasteiger partial charge in [-0.05, 0) is 78.2 Å². The number of benzene rings is 2. The molecule has 0 saturated heterocycles. The van der Waals surface area contributed by atoms with Crippen molar-refractivity contribution in [3.8, 4) is 17.6 Å². The van der Waals surface area contributed by atoms with Gasteiger partial charge in [0.15, 0.2) is 11.5 Å². The predicted octanol–water partition coefficient (Wildman–Crippen LogP) is 5.51. The summed E-state index contributed by atoms with van der Waals surface area (Å²) in [6, 6.07) is 12.8. The van der Waals surface area contributed by atoms with Gasteiger partial charge in [-0.1, -0.05) is 23.7 Å². The molecule has 0 atom stereocenters. The quantitative estimate of drug-likeness (QED) is 0.402. The molecular weight excluding hydrogens is 456 g/mol. The summed E-state index contributed by atoms with van der Waals surface area (Å²) in [5.74, 6) is 0.646. The number of ether oxygens (including phenoxy) is 2. The molecule has 2 aromatic carbocycles. The molecule has 0 aliphatic rings. The molecule has 0 spiro atoms. The molecule has 1 amide bonds. The minimum Gasteiger partial charge on any atom is -0.490 e. The maximum absolute atomic E-state index is 12.2. The van der Waals surface area contributed by atoms with Crippen LogP contribution in [0.25, 0.3) is 6.08 Å². The number of nitrogens with one attached hydrogen (secondary N) is 1. The van der Waals surface area contributed by atoms with Crippen LogP contribution >= 0.6 is 27.5 Å². The van der Waals surface area contributed by atoms with Gasteiger partial charge >= 0.3 is 0 Å². The number of hydrogen-bond acceptors (Lipinski definition) is 4. The van der Waals surface area contributed by atoms with Crippen LogP contribution in [0.1, 0.15) is 31.9 Å². The van der Waals surface area contributed by atoms with Crippen molar-refractivity contribution in [2.75, 3.05) is 6.61 Å². The Morgan fingerprint density at radius 1 is 1.28 bits per heavy atom. The van der Waals surface area contributed by atoms with E-state index in [1.807, 2.05) is 39.0 Å². The van der Waals surface area contributed by atoms with Crippen molar-refractivity contribution >= 4 is 39.5 Å². The Hall–Kier alpha value is -2.49. The molecule has 0 bridgehead atoms. The molecule has 0 aliphatic carbocycles. The van der Waals surface area contributed by atoms with Crippen molar-refractivity contribution in [3.05, 3.63) is 62.6 Å². The number of nitrogens with zero attached hydrogens (tertiary/aromatic N) is 1. The number of nitriles is 1. The van der Waals surface area contributed by atoms with E-state index in [1.54, 1.807) is 24.3 Å². The average molecular weight is 478 g/mol. The van der Waals surface area contributed by atoms with Crippen LogP contribution in [-0.4, -0.2) is 18.6 Å². The van der Waals surface area contributed by atoms with Crippen LogP contribution in [0.3, 0.4) is 0 Å². The Kier molecular flexibility index (Phi) is 8.56. The molecule has 1 N–H and O–H groups in total. The number of hydrogen-bond donors (Lipinski definition) is 1. The van der Waals surface area contributed by atoms with Crippen molar-refractivity contribution in [1.29, 1.82) is 5.26 Å². The summed E-state index contributed by atoms with van der Waals surface area (Å²) in [4.78, 5) is 12.2. The lowest BCUT2D eigenvalue weighted by atomic mass is 10.1. The first-order valence-electron chi connectivity index (χ1n) is 9.10. The zero-order chi connectivity index (χ0) is 21.4. The second-order valence-corrected chi connectivity index (χ2v) is 7.77. The summed E-state index contributed by atoms with van der Waals surface area (Å²) in [6.45, 7) is 6.32. The third kappa shape index (κ3) is 6.81. The SMILES string of the molecule is CCOc1cc(/C=C(/C#N)C(=O)NC(C)C)cc(Br)c1OCc1ccc(Cl)cc1. The van der Waals surface area contributed by atoms with Gasteiger partial charge in [0.2, 0.25) is 0 Å². The Balaban J connectivity index is 2.30. The summed E-state index contributed by atoms with van der Waals surface area (Å²) in [5.41, 5.74) is 1.63. The van der Waals surface area contributed by atoms with Gasteiger partial charge in [-0.2, -0.15) is 5.26 Å². The highest BCUT2D eigenvalue weighted by molar-refractivity contribution is 9.10. The summed E-state index contributed by atoms with van der Waals surface area (Å²) in [5, 5.41) is 12.7. The maximum Gasteiger partial charge on any atom is 0.262 e. The van der Waals surface area contributed by atoms with E-state index in [0.29, 0.717) is 39.8 Å². The van der Waals surface area contributed by atoms with E-state index in [0.717, 1.165) is 5.56 Å². The Labute approximate surface area is 184 Å². The zero-order valence-corrected chi connectivity index (χ0v) is 18.8. The largest absolute Gasteiger partial charge is 0.490 e. The minimum absolute atomic E-state index is 0.0166. The van der Waals surface area contributed by atoms with Gasteiger partial charge in [0.1, 0.15) is 18.2 Å². The molecule has 0 radical (unpaired) electrons. The lowest BCUT2D eigenvalue weighted by molar-refractivity contribution is -0.117. The predicted molar refractivity (Wildman–Crippen MR) is 118 cm³/mol. The van der Waals surface area contributed by atoms with E-state index in [2.05, 4.69) is 21.2 Å². The van der Waals surface area contributed by atoms with Crippen LogP contribution in [0.15, 0.2) is 46.4 Å². The monoisotopic (exact) mass is 476 g/mol. The van der Waals surface area contributed by atoms with E-state index in [9.17, 15) is 10.1 Å². The second kappa shape index (κ2) is 10.9. The maximum atomic E-state index is 12.2. The number of carbonyl (C=O) groups excluding carboxylic acids is 1. The van der Waals surface area contributed by atoms with Crippen LogP contribution in [-0.2, 0) is 11.4 Å². The first-order valence-corrected chi connectivity index (χ1v) is 10.3. The second-order valence-electron chi connectivity index (χ2n) is 6.48. The van der Waals surface area contributed by atoms with E-state index >= 15 is 0 Å². The van der Waals surface area contributed by atoms with Gasteiger partial charge < -0.3 is 14.8 Å². The van der Waals surface area contributed by atoms with Crippen molar-refractivity contribution in [3.63, 3.8) is 0 Å². The third-order valence-corrected chi connectivity index (χ3v) is 4.56. The van der Waals surface area contributed by atoms with Gasteiger partial charge in [0, 0.05) is 11.1 Å². The molecule has 2 rings (SSSR count). The van der Waals surface area contributed by atoms with Gasteiger partial charge in [0.05, 0.1) is 11.1 Å². The fourth-order valence-electron chi connectivity index (χ4n) is 2.47. The topological polar surface area (TPSA) is 71.3 Å². The van der Waals surface area contributed by atoms with Gasteiger partial charge in [-0.25, -0.2) is 0 Å². The van der Waals surface area contributed by atoms with E-state index in [-0.39, 0.29) is 11.6 Å². The van der Waals surface area contributed by atoms with Crippen molar-refractivity contribution in [2.24, 2.45) is 0 Å². The van der Waals surface area contributed by atoms with Crippen molar-refractivity contribution in [2.45, 2.75) is 33.4 Å². The number of carbonyl (C=O) groups is 1. The van der Waals surface area contributed by atoms with Crippen LogP contribution in [0.5, 0.6) is 11.5 Å². The highest BCUT2D eigenvalue weighted by Crippen LogP contribution is 2.38. The van der Waals surface area contributed by atoms with Crippen LogP contribution in [0.4, 0.5) is 0 Å². The summed E-state index contributed by atoms with van der Waals surface area (Å²) in [6.07, 6.45) is 1.52. The highest BCUT2D eigenvalue weighted by Gasteiger charge is 2.15. The minimum atomic E-state index is -0.417. The number of halogens is 2. The molecule has 0 fully saturated rings. The Bertz CT molecular complexity index is 934. The Morgan fingerprint density at radius 3 is 2.55 bits per heavy atom. The van der Waals surface area contributed by atoms with E-state index < -0.39 is 5.91 Å². The fourth-order valence-corrected chi connectivity index (χ4v) is 3.17. The van der Waals surface area contributed by atoms with Gasteiger partial charge in [-0.3, -0.25) is 4.79 Å². The standard InChI is InChI=1S/C22H22BrClN2O3/c1-4-28-20-11-16(9-17(12-25)22(27)26-14(2)3)10-19(23)21(20)29-13-15-5-7-18(24)8-6-15/h5-11,14H,4,13H2,1-3H3,(H,26,27)/b17-9-. The van der Waals surface area contributed by atoms with Crippen molar-refractivity contribution in [1.82, 2.24) is 5.32 Å². The molecule has 5 nitrogen and oxygen atoms in total. The lowest BCUT2D eigenvalue weighted by Crippen LogP contribution is -2.30. The molecule has 0 aliphatic heterocycles. The Morgan fingerprint density at radius 2 is 1.97 bits per heavy atom. The van der Waals surface area contributed by atoms with Crippen molar-refractivity contribution < 1.29 is 14.3 Å². The van der Waals surface area contributed by atoms with Gasteiger partial charge in [-0.15, -0.1) is 0 Å². The third-order valence-electron chi connectivity index (χ3n) is 3.72. The molecule has 0 unspecified atom stereocenters. The molecule has 0 saturated carbocycles. The molecule has 152 valence electrons. The molecule has 0 aromatic heterocycles. The molecule has 2 aromatic rings. The molecule has 0 heterocycles. The lowest BCUT2D eigenvalue weighted by Gasteiger charge is -2.15. The molecule has 29 heavy (non-hydrogen) atoms. The van der Waals surface area contributed by atoms with E-state index in [4.69, 9.17) is 21.1 Å². The number of rotatable bonds is 8. The van der Waals surface area contributed by atoms with Crippen LogP contribution in [0, 0.1) is 11.3 Å². The first kappa shape index (κ1) is 22.8. The van der Waals surface area contributed by atoms with Crippen LogP contribution in [0.2, 0.25) is 5.02 Å². The molecular formula is C22H22BrClN2O3. The fraction of sp³-hybridized carbons (Fsp3) is 0.273. The van der Waals surface area contributed by atoms with Crippen LogP contribution < -0.4 is 14.8 Å². The summed E-state index contributed by atoms with van der Waals surface area (Å²) < 4.78 is 12.3. The summed E-state index contributed by atoms with van der Waals surface area (Å²) in [7, 11) is 0. The zero-order valence-electron chi connectivity index (χ0n) is 16.5. The van der Waals surface area contributed by atoms with E-state index in [1.165, 1.54) is 6.08 Å². The molecule has 7 heteroatoms. The average Bonchev–Trinajstić information content (AvgIpc) is 2.66. The number of amides is 1. The normalized spacial score (nSPS) is 11.1. The van der Waals surface area contributed by atoms with Gasteiger partial charge in [0.25, 0.3) is 5.91 Å². The smallest absolute Gasteiger partial charge is 0.262 e.